The number of hydrogen-bond acceptors (Lipinski definition) is 4. The highest BCUT2D eigenvalue weighted by Crippen LogP contribution is 2.39. The highest BCUT2D eigenvalue weighted by atomic mass is 28.4. The molecule has 2 aromatic carbocycles. The van der Waals surface area contributed by atoms with Gasteiger partial charge in [0.15, 0.2) is 8.32 Å². The lowest BCUT2D eigenvalue weighted by Gasteiger charge is -2.39. The number of nitrogens with zero attached hydrogens (tertiary/aromatic N) is 1. The van der Waals surface area contributed by atoms with Gasteiger partial charge in [0.2, 0.25) is 5.91 Å². The highest BCUT2D eigenvalue weighted by molar-refractivity contribution is 6.74. The number of rotatable bonds is 9. The molecule has 0 spiro atoms. The van der Waals surface area contributed by atoms with Crippen molar-refractivity contribution in [1.29, 1.82) is 0 Å². The molecule has 5 nitrogen and oxygen atoms in total. The molecule has 0 aliphatic carbocycles. The van der Waals surface area contributed by atoms with Crippen LogP contribution in [0.2, 0.25) is 18.1 Å². The minimum Gasteiger partial charge on any atom is -0.466 e. The first-order valence-corrected chi connectivity index (χ1v) is 15.5. The minimum atomic E-state index is -2.25. The molecule has 1 unspecified atom stereocenters. The first-order chi connectivity index (χ1) is 16.6. The van der Waals surface area contributed by atoms with Gasteiger partial charge >= 0.3 is 5.97 Å². The van der Waals surface area contributed by atoms with Crippen molar-refractivity contribution < 1.29 is 23.1 Å². The van der Waals surface area contributed by atoms with Crippen molar-refractivity contribution in [2.45, 2.75) is 85.5 Å². The Morgan fingerprint density at radius 1 is 1.03 bits per heavy atom. The van der Waals surface area contributed by atoms with E-state index < -0.39 is 14.4 Å². The van der Waals surface area contributed by atoms with Gasteiger partial charge in [-0.15, -0.1) is 0 Å². The average Bonchev–Trinajstić information content (AvgIpc) is 2.73. The topological polar surface area (TPSA) is 55.8 Å². The Labute approximate surface area is 217 Å². The fourth-order valence-electron chi connectivity index (χ4n) is 4.05. The summed E-state index contributed by atoms with van der Waals surface area (Å²) in [6.45, 7) is 18.3. The standard InChI is InChI=1S/C29H42FNO4Si/c1-11-34-27(33)18-23(35-36(9,10)29(5,6)7)17-26(32)31(8)28-21(4)14-19(2)15-24(28)22-12-13-25(30)20(3)16-22/h12-16,23H,11,17-18H2,1-10H3. The van der Waals surface area contributed by atoms with E-state index in [2.05, 4.69) is 33.9 Å². The van der Waals surface area contributed by atoms with Crippen molar-refractivity contribution >= 4 is 25.9 Å². The van der Waals surface area contributed by atoms with Crippen LogP contribution in [-0.4, -0.2) is 40.0 Å². The van der Waals surface area contributed by atoms with Crippen molar-refractivity contribution in [3.05, 3.63) is 52.8 Å². The molecule has 0 aliphatic heterocycles. The largest absolute Gasteiger partial charge is 0.466 e. The molecule has 0 heterocycles. The van der Waals surface area contributed by atoms with Gasteiger partial charge in [-0.1, -0.05) is 38.5 Å². The summed E-state index contributed by atoms with van der Waals surface area (Å²) in [4.78, 5) is 27.6. The van der Waals surface area contributed by atoms with Gasteiger partial charge in [-0.05, 0) is 80.7 Å². The monoisotopic (exact) mass is 515 g/mol. The maximum absolute atomic E-state index is 14.0. The quantitative estimate of drug-likeness (QED) is 0.264. The van der Waals surface area contributed by atoms with Gasteiger partial charge < -0.3 is 14.1 Å². The van der Waals surface area contributed by atoms with E-state index in [1.54, 1.807) is 37.9 Å². The van der Waals surface area contributed by atoms with Crippen LogP contribution >= 0.6 is 0 Å². The molecule has 1 amide bonds. The Balaban J connectivity index is 2.43. The molecular formula is C29H42FNO4Si. The van der Waals surface area contributed by atoms with E-state index in [-0.39, 0.29) is 42.2 Å². The lowest BCUT2D eigenvalue weighted by Crippen LogP contribution is -2.46. The molecule has 2 rings (SSSR count). The maximum atomic E-state index is 14.0. The van der Waals surface area contributed by atoms with Crippen LogP contribution in [-0.2, 0) is 18.8 Å². The molecule has 0 saturated carbocycles. The Morgan fingerprint density at radius 2 is 1.67 bits per heavy atom. The number of ether oxygens (including phenoxy) is 1. The number of esters is 1. The van der Waals surface area contributed by atoms with Crippen LogP contribution in [0.25, 0.3) is 11.1 Å². The summed E-state index contributed by atoms with van der Waals surface area (Å²) in [6, 6.07) is 9.04. The number of aryl methyl sites for hydroxylation is 3. The predicted octanol–water partition coefficient (Wildman–Crippen LogP) is 7.11. The van der Waals surface area contributed by atoms with Gasteiger partial charge in [0, 0.05) is 12.6 Å². The molecule has 7 heteroatoms. The van der Waals surface area contributed by atoms with Crippen LogP contribution in [0.4, 0.5) is 10.1 Å². The second-order valence-electron chi connectivity index (χ2n) is 11.1. The molecule has 0 N–H and O–H groups in total. The number of carbonyl (C=O) groups excluding carboxylic acids is 2. The van der Waals surface area contributed by atoms with Crippen LogP contribution in [0, 0.1) is 26.6 Å². The number of benzene rings is 2. The van der Waals surface area contributed by atoms with E-state index >= 15 is 0 Å². The van der Waals surface area contributed by atoms with Crippen LogP contribution in [0.5, 0.6) is 0 Å². The first-order valence-electron chi connectivity index (χ1n) is 12.5. The van der Waals surface area contributed by atoms with Crippen LogP contribution < -0.4 is 4.90 Å². The molecule has 2 aromatic rings. The predicted molar refractivity (Wildman–Crippen MR) is 147 cm³/mol. The normalized spacial score (nSPS) is 12.9. The summed E-state index contributed by atoms with van der Waals surface area (Å²) in [5.41, 5.74) is 5.00. The molecule has 0 aliphatic rings. The van der Waals surface area contributed by atoms with E-state index in [1.807, 2.05) is 26.0 Å². The average molecular weight is 516 g/mol. The first kappa shape index (κ1) is 29.7. The lowest BCUT2D eigenvalue weighted by atomic mass is 9.95. The van der Waals surface area contributed by atoms with E-state index in [4.69, 9.17) is 9.16 Å². The third-order valence-electron chi connectivity index (χ3n) is 6.99. The second kappa shape index (κ2) is 11.7. The second-order valence-corrected chi connectivity index (χ2v) is 15.9. The fourth-order valence-corrected chi connectivity index (χ4v) is 5.40. The van der Waals surface area contributed by atoms with Crippen LogP contribution in [0.3, 0.4) is 0 Å². The van der Waals surface area contributed by atoms with Crippen molar-refractivity contribution in [3.63, 3.8) is 0 Å². The summed E-state index contributed by atoms with van der Waals surface area (Å²) >= 11 is 0. The molecule has 0 radical (unpaired) electrons. The molecule has 0 fully saturated rings. The zero-order valence-corrected chi connectivity index (χ0v) is 24.5. The zero-order valence-electron chi connectivity index (χ0n) is 23.5. The Hall–Kier alpha value is -2.51. The molecule has 1 atom stereocenters. The number of hydrogen-bond donors (Lipinski definition) is 0. The highest BCUT2D eigenvalue weighted by Gasteiger charge is 2.40. The smallest absolute Gasteiger partial charge is 0.308 e. The van der Waals surface area contributed by atoms with E-state index in [0.717, 1.165) is 27.9 Å². The Bertz CT molecular complexity index is 1110. The summed E-state index contributed by atoms with van der Waals surface area (Å²) in [7, 11) is -0.503. The fraction of sp³-hybridized carbons (Fsp3) is 0.517. The van der Waals surface area contributed by atoms with Gasteiger partial charge in [-0.2, -0.15) is 0 Å². The van der Waals surface area contributed by atoms with E-state index in [0.29, 0.717) is 5.56 Å². The van der Waals surface area contributed by atoms with Crippen molar-refractivity contribution in [2.75, 3.05) is 18.6 Å². The van der Waals surface area contributed by atoms with Crippen molar-refractivity contribution in [3.8, 4) is 11.1 Å². The van der Waals surface area contributed by atoms with Gasteiger partial charge in [-0.25, -0.2) is 4.39 Å². The third-order valence-corrected chi connectivity index (χ3v) is 11.5. The number of anilines is 1. The van der Waals surface area contributed by atoms with Crippen LogP contribution in [0.1, 0.15) is 57.2 Å². The minimum absolute atomic E-state index is 0.0246. The summed E-state index contributed by atoms with van der Waals surface area (Å²) in [5, 5.41) is -0.0734. The molecule has 0 bridgehead atoms. The number of carbonyl (C=O) groups is 2. The third kappa shape index (κ3) is 7.26. The van der Waals surface area contributed by atoms with Gasteiger partial charge in [0.05, 0.1) is 31.2 Å². The molecular weight excluding hydrogens is 473 g/mol. The summed E-state index contributed by atoms with van der Waals surface area (Å²) in [5.74, 6) is -0.792. The van der Waals surface area contributed by atoms with E-state index in [9.17, 15) is 14.0 Å². The van der Waals surface area contributed by atoms with Gasteiger partial charge in [0.25, 0.3) is 0 Å². The molecule has 0 saturated heterocycles. The maximum Gasteiger partial charge on any atom is 0.308 e. The zero-order chi connectivity index (χ0) is 27.4. The number of amides is 1. The molecule has 36 heavy (non-hydrogen) atoms. The van der Waals surface area contributed by atoms with Gasteiger partial charge in [-0.3, -0.25) is 9.59 Å². The van der Waals surface area contributed by atoms with Crippen LogP contribution in [0.15, 0.2) is 30.3 Å². The molecule has 198 valence electrons. The number of halogens is 1. The molecule has 0 aromatic heterocycles. The summed E-state index contributed by atoms with van der Waals surface area (Å²) < 4.78 is 25.7. The van der Waals surface area contributed by atoms with E-state index in [1.165, 1.54) is 6.07 Å². The lowest BCUT2D eigenvalue weighted by molar-refractivity contribution is -0.145. The summed E-state index contributed by atoms with van der Waals surface area (Å²) in [6.07, 6.45) is -0.504. The van der Waals surface area contributed by atoms with Gasteiger partial charge in [0.1, 0.15) is 5.82 Å². The Kier molecular flexibility index (Phi) is 9.65. The van der Waals surface area contributed by atoms with Crippen molar-refractivity contribution in [2.24, 2.45) is 0 Å². The Morgan fingerprint density at radius 3 is 2.22 bits per heavy atom. The SMILES string of the molecule is CCOC(=O)CC(CC(=O)N(C)c1c(C)cc(C)cc1-c1ccc(F)c(C)c1)O[Si](C)(C)C(C)(C)C. The van der Waals surface area contributed by atoms with Crippen molar-refractivity contribution in [1.82, 2.24) is 0 Å².